The van der Waals surface area contributed by atoms with Crippen LogP contribution in [0.2, 0.25) is 0 Å². The largest absolute Gasteiger partial charge is 0.493 e. The van der Waals surface area contributed by atoms with E-state index in [1.807, 2.05) is 0 Å². The molecule has 0 aliphatic carbocycles. The number of H-pyrrole nitrogens is 1. The van der Waals surface area contributed by atoms with Crippen LogP contribution in [-0.2, 0) is 4.74 Å². The van der Waals surface area contributed by atoms with Crippen LogP contribution in [0.15, 0.2) is 18.2 Å². The molecule has 1 heterocycles. The highest BCUT2D eigenvalue weighted by atomic mass is 16.5. The van der Waals surface area contributed by atoms with Crippen LogP contribution in [-0.4, -0.2) is 44.6 Å². The molecule has 0 spiro atoms. The van der Waals surface area contributed by atoms with Crippen molar-refractivity contribution >= 4 is 5.97 Å². The summed E-state index contributed by atoms with van der Waals surface area (Å²) in [4.78, 5) is 11.5. The minimum atomic E-state index is -0.492. The predicted molar refractivity (Wildman–Crippen MR) is 75.0 cm³/mol. The molecule has 112 valence electrons. The molecule has 0 saturated carbocycles. The third-order valence-corrected chi connectivity index (χ3v) is 2.96. The number of aromatic amines is 1. The van der Waals surface area contributed by atoms with Crippen molar-refractivity contribution in [3.8, 4) is 28.5 Å². The number of carbonyl (C=O) groups is 1. The molecule has 0 amide bonds. The quantitative estimate of drug-likeness (QED) is 0.847. The molecule has 2 rings (SSSR count). The average molecular weight is 292 g/mol. The number of esters is 1. The Kier molecular flexibility index (Phi) is 4.32. The summed E-state index contributed by atoms with van der Waals surface area (Å²) in [6, 6.07) is 5.09. The van der Waals surface area contributed by atoms with Gasteiger partial charge in [-0.1, -0.05) is 0 Å². The Morgan fingerprint density at radius 3 is 2.33 bits per heavy atom. The van der Waals surface area contributed by atoms with Crippen LogP contribution in [0.5, 0.6) is 17.2 Å². The van der Waals surface area contributed by atoms with E-state index in [9.17, 15) is 4.79 Å². The number of hydrogen-bond acceptors (Lipinski definition) is 6. The van der Waals surface area contributed by atoms with Crippen molar-refractivity contribution in [2.24, 2.45) is 0 Å². The van der Waals surface area contributed by atoms with E-state index >= 15 is 0 Å². The molecule has 0 saturated heterocycles. The van der Waals surface area contributed by atoms with E-state index in [2.05, 4.69) is 14.9 Å². The van der Waals surface area contributed by atoms with Gasteiger partial charge in [-0.2, -0.15) is 5.10 Å². The smallest absolute Gasteiger partial charge is 0.356 e. The monoisotopic (exact) mass is 292 g/mol. The molecule has 1 aromatic carbocycles. The molecule has 7 heteroatoms. The highest BCUT2D eigenvalue weighted by Crippen LogP contribution is 2.43. The fourth-order valence-electron chi connectivity index (χ4n) is 1.98. The standard InChI is InChI=1S/C14H16N2O5/c1-18-11-6-5-8(12(19-2)13(11)20-3)9-7-10(16-15-9)14(17)21-4/h5-7H,1-4H3,(H,15,16). The lowest BCUT2D eigenvalue weighted by Gasteiger charge is -2.14. The molecule has 0 aliphatic heterocycles. The summed E-state index contributed by atoms with van der Waals surface area (Å²) in [6.45, 7) is 0. The second-order valence-corrected chi connectivity index (χ2v) is 4.04. The fraction of sp³-hybridized carbons (Fsp3) is 0.286. The second kappa shape index (κ2) is 6.17. The van der Waals surface area contributed by atoms with E-state index in [1.54, 1.807) is 25.3 Å². The van der Waals surface area contributed by atoms with Gasteiger partial charge in [-0.05, 0) is 18.2 Å². The van der Waals surface area contributed by atoms with E-state index in [0.717, 1.165) is 0 Å². The summed E-state index contributed by atoms with van der Waals surface area (Å²) in [7, 11) is 5.89. The Morgan fingerprint density at radius 1 is 1.05 bits per heavy atom. The van der Waals surface area contributed by atoms with Gasteiger partial charge in [0.1, 0.15) is 5.69 Å². The summed E-state index contributed by atoms with van der Waals surface area (Å²) in [6.07, 6.45) is 0. The van der Waals surface area contributed by atoms with E-state index in [0.29, 0.717) is 28.5 Å². The molecular formula is C14H16N2O5. The summed E-state index contributed by atoms with van der Waals surface area (Å²) in [5.74, 6) is 0.981. The summed E-state index contributed by atoms with van der Waals surface area (Å²) in [5, 5.41) is 6.71. The Labute approximate surface area is 121 Å². The topological polar surface area (TPSA) is 82.7 Å². The number of benzene rings is 1. The number of rotatable bonds is 5. The highest BCUT2D eigenvalue weighted by molar-refractivity contribution is 5.89. The molecular weight excluding hydrogens is 276 g/mol. The number of methoxy groups -OCH3 is 4. The number of aromatic nitrogens is 2. The van der Waals surface area contributed by atoms with Crippen LogP contribution in [0.1, 0.15) is 10.5 Å². The SMILES string of the molecule is COC(=O)c1cc(-c2ccc(OC)c(OC)c2OC)n[nH]1. The maximum atomic E-state index is 11.5. The maximum Gasteiger partial charge on any atom is 0.356 e. The maximum absolute atomic E-state index is 11.5. The first-order chi connectivity index (χ1) is 10.2. The van der Waals surface area contributed by atoms with Crippen molar-refractivity contribution in [2.45, 2.75) is 0 Å². The molecule has 7 nitrogen and oxygen atoms in total. The van der Waals surface area contributed by atoms with E-state index in [4.69, 9.17) is 14.2 Å². The minimum absolute atomic E-state index is 0.254. The zero-order chi connectivity index (χ0) is 15.4. The number of ether oxygens (including phenoxy) is 4. The van der Waals surface area contributed by atoms with Gasteiger partial charge in [0.15, 0.2) is 11.5 Å². The predicted octanol–water partition coefficient (Wildman–Crippen LogP) is 1.89. The van der Waals surface area contributed by atoms with Gasteiger partial charge in [-0.3, -0.25) is 5.10 Å². The highest BCUT2D eigenvalue weighted by Gasteiger charge is 2.20. The Morgan fingerprint density at radius 2 is 1.76 bits per heavy atom. The molecule has 0 bridgehead atoms. The number of nitrogens with one attached hydrogen (secondary N) is 1. The van der Waals surface area contributed by atoms with Crippen LogP contribution in [0.3, 0.4) is 0 Å². The molecule has 0 unspecified atom stereocenters. The summed E-state index contributed by atoms with van der Waals surface area (Å²) >= 11 is 0. The molecule has 0 atom stereocenters. The van der Waals surface area contributed by atoms with Gasteiger partial charge in [-0.15, -0.1) is 0 Å². The van der Waals surface area contributed by atoms with Gasteiger partial charge in [0.25, 0.3) is 0 Å². The van der Waals surface area contributed by atoms with Crippen LogP contribution < -0.4 is 14.2 Å². The Hall–Kier alpha value is -2.70. The van der Waals surface area contributed by atoms with Crippen molar-refractivity contribution in [3.63, 3.8) is 0 Å². The molecule has 0 aliphatic rings. The Balaban J connectivity index is 2.53. The van der Waals surface area contributed by atoms with E-state index < -0.39 is 5.97 Å². The zero-order valence-electron chi connectivity index (χ0n) is 12.2. The van der Waals surface area contributed by atoms with Crippen LogP contribution in [0.4, 0.5) is 0 Å². The molecule has 0 radical (unpaired) electrons. The fourth-order valence-corrected chi connectivity index (χ4v) is 1.98. The van der Waals surface area contributed by atoms with E-state index in [1.165, 1.54) is 21.3 Å². The zero-order valence-corrected chi connectivity index (χ0v) is 12.2. The van der Waals surface area contributed by atoms with Gasteiger partial charge in [0.2, 0.25) is 5.75 Å². The van der Waals surface area contributed by atoms with Crippen molar-refractivity contribution in [3.05, 3.63) is 23.9 Å². The average Bonchev–Trinajstić information content (AvgIpc) is 3.02. The lowest BCUT2D eigenvalue weighted by Crippen LogP contribution is -2.00. The number of nitrogens with zero attached hydrogens (tertiary/aromatic N) is 1. The molecule has 1 N–H and O–H groups in total. The van der Waals surface area contributed by atoms with Gasteiger partial charge < -0.3 is 18.9 Å². The summed E-state index contributed by atoms with van der Waals surface area (Å²) < 4.78 is 20.6. The third-order valence-electron chi connectivity index (χ3n) is 2.96. The number of hydrogen-bond donors (Lipinski definition) is 1. The first-order valence-electron chi connectivity index (χ1n) is 6.09. The molecule has 2 aromatic rings. The lowest BCUT2D eigenvalue weighted by molar-refractivity contribution is 0.0594. The number of carbonyl (C=O) groups excluding carboxylic acids is 1. The normalized spacial score (nSPS) is 10.1. The van der Waals surface area contributed by atoms with Crippen LogP contribution in [0.25, 0.3) is 11.3 Å². The van der Waals surface area contributed by atoms with Crippen molar-refractivity contribution in [1.29, 1.82) is 0 Å². The molecule has 0 fully saturated rings. The third kappa shape index (κ3) is 2.62. The first kappa shape index (κ1) is 14.7. The van der Waals surface area contributed by atoms with Gasteiger partial charge in [0.05, 0.1) is 34.1 Å². The molecule has 21 heavy (non-hydrogen) atoms. The van der Waals surface area contributed by atoms with Crippen LogP contribution >= 0.6 is 0 Å². The van der Waals surface area contributed by atoms with Gasteiger partial charge in [-0.25, -0.2) is 4.79 Å². The lowest BCUT2D eigenvalue weighted by atomic mass is 10.1. The summed E-state index contributed by atoms with van der Waals surface area (Å²) in [5.41, 5.74) is 1.46. The van der Waals surface area contributed by atoms with Crippen LogP contribution in [0, 0.1) is 0 Å². The van der Waals surface area contributed by atoms with Gasteiger partial charge in [0, 0.05) is 5.56 Å². The minimum Gasteiger partial charge on any atom is -0.493 e. The first-order valence-corrected chi connectivity index (χ1v) is 6.09. The van der Waals surface area contributed by atoms with Gasteiger partial charge >= 0.3 is 5.97 Å². The second-order valence-electron chi connectivity index (χ2n) is 4.04. The molecule has 1 aromatic heterocycles. The van der Waals surface area contributed by atoms with Crippen molar-refractivity contribution in [2.75, 3.05) is 28.4 Å². The Bertz CT molecular complexity index is 651. The van der Waals surface area contributed by atoms with E-state index in [-0.39, 0.29) is 5.69 Å². The van der Waals surface area contributed by atoms with Crippen molar-refractivity contribution < 1.29 is 23.7 Å². The van der Waals surface area contributed by atoms with Crippen molar-refractivity contribution in [1.82, 2.24) is 10.2 Å².